The molecule has 0 radical (unpaired) electrons. The van der Waals surface area contributed by atoms with Crippen LogP contribution < -0.4 is 10.6 Å². The van der Waals surface area contributed by atoms with Crippen LogP contribution in [0.15, 0.2) is 48.5 Å². The molecule has 2 N–H and O–H groups in total. The molecule has 24 heavy (non-hydrogen) atoms. The lowest BCUT2D eigenvalue weighted by Crippen LogP contribution is -2.39. The Kier molecular flexibility index (Phi) is 5.05. The van der Waals surface area contributed by atoms with Gasteiger partial charge in [-0.05, 0) is 61.1 Å². The van der Waals surface area contributed by atoms with E-state index in [1.54, 1.807) is 12.1 Å². The molecule has 0 aliphatic heterocycles. The van der Waals surface area contributed by atoms with Crippen LogP contribution >= 0.6 is 11.6 Å². The number of urea groups is 1. The maximum Gasteiger partial charge on any atom is 0.315 e. The van der Waals surface area contributed by atoms with Gasteiger partial charge in [0.05, 0.1) is 12.1 Å². The van der Waals surface area contributed by atoms with Gasteiger partial charge in [0.2, 0.25) is 0 Å². The van der Waals surface area contributed by atoms with E-state index in [4.69, 9.17) is 11.6 Å². The average molecular weight is 347 g/mol. The minimum atomic E-state index is -0.285. The zero-order valence-corrected chi connectivity index (χ0v) is 14.2. The largest absolute Gasteiger partial charge is 0.332 e. The van der Waals surface area contributed by atoms with Crippen molar-refractivity contribution in [2.75, 3.05) is 0 Å². The second-order valence-corrected chi connectivity index (χ2v) is 6.69. The molecule has 2 amide bonds. The summed E-state index contributed by atoms with van der Waals surface area (Å²) in [7, 11) is 0. The molecule has 5 heteroatoms. The first-order chi connectivity index (χ1) is 11.5. The average Bonchev–Trinajstić information content (AvgIpc) is 3.39. The number of carbonyl (C=O) groups is 1. The number of nitrogens with one attached hydrogen (secondary N) is 2. The Morgan fingerprint density at radius 1 is 1.04 bits per heavy atom. The van der Waals surface area contributed by atoms with Gasteiger partial charge in [-0.1, -0.05) is 35.9 Å². The number of rotatable bonds is 5. The second kappa shape index (κ2) is 7.22. The Bertz CT molecular complexity index is 698. The number of hydrogen-bond donors (Lipinski definition) is 2. The molecule has 1 fully saturated rings. The van der Waals surface area contributed by atoms with Crippen molar-refractivity contribution < 1.29 is 9.18 Å². The summed E-state index contributed by atoms with van der Waals surface area (Å²) in [6.07, 6.45) is 2.22. The van der Waals surface area contributed by atoms with Gasteiger partial charge in [-0.25, -0.2) is 9.18 Å². The van der Waals surface area contributed by atoms with E-state index in [1.165, 1.54) is 12.1 Å². The smallest absolute Gasteiger partial charge is 0.315 e. The van der Waals surface area contributed by atoms with Crippen molar-refractivity contribution >= 4 is 17.6 Å². The minimum Gasteiger partial charge on any atom is -0.332 e. The molecule has 3 rings (SSSR count). The minimum absolute atomic E-state index is 0.0114. The standard InChI is InChI=1S/C19H20ClFN2O/c1-12(13-6-10-17(21)11-7-13)22-19(24)23-18(14-2-3-14)15-4-8-16(20)9-5-15/h4-12,14,18H,2-3H2,1H3,(H2,22,23,24)/t12-,18+/m1/s1. The molecule has 3 nitrogen and oxygen atoms in total. The maximum absolute atomic E-state index is 13.0. The molecular formula is C19H20ClFN2O. The van der Waals surface area contributed by atoms with Crippen molar-refractivity contribution in [3.05, 3.63) is 70.5 Å². The number of carbonyl (C=O) groups excluding carboxylic acids is 1. The van der Waals surface area contributed by atoms with Gasteiger partial charge in [-0.15, -0.1) is 0 Å². The van der Waals surface area contributed by atoms with Gasteiger partial charge >= 0.3 is 6.03 Å². The predicted octanol–water partition coefficient (Wildman–Crippen LogP) is 4.99. The molecule has 1 saturated carbocycles. The van der Waals surface area contributed by atoms with Crippen LogP contribution in [0.5, 0.6) is 0 Å². The number of halogens is 2. The lowest BCUT2D eigenvalue weighted by Gasteiger charge is -2.21. The molecule has 0 saturated heterocycles. The van der Waals surface area contributed by atoms with Crippen molar-refractivity contribution in [3.8, 4) is 0 Å². The summed E-state index contributed by atoms with van der Waals surface area (Å²) >= 11 is 5.94. The third kappa shape index (κ3) is 4.26. The lowest BCUT2D eigenvalue weighted by molar-refractivity contribution is 0.232. The van der Waals surface area contributed by atoms with E-state index in [2.05, 4.69) is 10.6 Å². The van der Waals surface area contributed by atoms with Gasteiger partial charge < -0.3 is 10.6 Å². The molecule has 2 aromatic rings. The van der Waals surface area contributed by atoms with Gasteiger partial charge in [0.1, 0.15) is 5.82 Å². The zero-order chi connectivity index (χ0) is 17.1. The third-order valence-corrected chi connectivity index (χ3v) is 4.58. The van der Waals surface area contributed by atoms with Crippen LogP contribution in [0.2, 0.25) is 5.02 Å². The number of amides is 2. The second-order valence-electron chi connectivity index (χ2n) is 6.26. The van der Waals surface area contributed by atoms with Gasteiger partial charge in [0.15, 0.2) is 0 Å². The lowest BCUT2D eigenvalue weighted by atomic mass is 10.0. The highest BCUT2D eigenvalue weighted by molar-refractivity contribution is 6.30. The highest BCUT2D eigenvalue weighted by Crippen LogP contribution is 2.41. The van der Waals surface area contributed by atoms with Crippen molar-refractivity contribution in [2.24, 2.45) is 5.92 Å². The first-order valence-electron chi connectivity index (χ1n) is 8.11. The van der Waals surface area contributed by atoms with Crippen LogP contribution in [-0.4, -0.2) is 6.03 Å². The maximum atomic E-state index is 13.0. The van der Waals surface area contributed by atoms with Crippen LogP contribution in [-0.2, 0) is 0 Å². The molecule has 126 valence electrons. The summed E-state index contributed by atoms with van der Waals surface area (Å²) < 4.78 is 13.0. The topological polar surface area (TPSA) is 41.1 Å². The molecule has 0 aromatic heterocycles. The SMILES string of the molecule is C[C@@H](NC(=O)N[C@H](c1ccc(Cl)cc1)C1CC1)c1ccc(F)cc1. The molecule has 2 atom stereocenters. The highest BCUT2D eigenvalue weighted by Gasteiger charge is 2.33. The Labute approximate surface area is 146 Å². The Hall–Kier alpha value is -2.07. The summed E-state index contributed by atoms with van der Waals surface area (Å²) in [4.78, 5) is 12.4. The normalized spacial score (nSPS) is 16.3. The van der Waals surface area contributed by atoms with E-state index in [0.717, 1.165) is 24.0 Å². The first-order valence-corrected chi connectivity index (χ1v) is 8.48. The monoisotopic (exact) mass is 346 g/mol. The highest BCUT2D eigenvalue weighted by atomic mass is 35.5. The molecular weight excluding hydrogens is 327 g/mol. The van der Waals surface area contributed by atoms with E-state index in [-0.39, 0.29) is 23.9 Å². The molecule has 0 bridgehead atoms. The number of hydrogen-bond acceptors (Lipinski definition) is 1. The molecule has 0 spiro atoms. The summed E-state index contributed by atoms with van der Waals surface area (Å²) in [5.41, 5.74) is 1.92. The Balaban J connectivity index is 1.63. The van der Waals surface area contributed by atoms with Crippen LogP contribution in [0, 0.1) is 11.7 Å². The zero-order valence-electron chi connectivity index (χ0n) is 13.4. The van der Waals surface area contributed by atoms with E-state index >= 15 is 0 Å². The van der Waals surface area contributed by atoms with Crippen LogP contribution in [0.3, 0.4) is 0 Å². The van der Waals surface area contributed by atoms with Crippen molar-refractivity contribution in [1.29, 1.82) is 0 Å². The molecule has 2 aromatic carbocycles. The van der Waals surface area contributed by atoms with E-state index in [1.807, 2.05) is 31.2 Å². The van der Waals surface area contributed by atoms with Crippen LogP contribution in [0.25, 0.3) is 0 Å². The van der Waals surface area contributed by atoms with Gasteiger partial charge in [-0.3, -0.25) is 0 Å². The van der Waals surface area contributed by atoms with Crippen molar-refractivity contribution in [1.82, 2.24) is 10.6 Å². The molecule has 1 aliphatic carbocycles. The fourth-order valence-electron chi connectivity index (χ4n) is 2.79. The molecule has 1 aliphatic rings. The van der Waals surface area contributed by atoms with Crippen molar-refractivity contribution in [2.45, 2.75) is 31.8 Å². The van der Waals surface area contributed by atoms with E-state index in [9.17, 15) is 9.18 Å². The predicted molar refractivity (Wildman–Crippen MR) is 93.4 cm³/mol. The van der Waals surface area contributed by atoms with E-state index in [0.29, 0.717) is 10.9 Å². The summed E-state index contributed by atoms with van der Waals surface area (Å²) in [5, 5.41) is 6.65. The quantitative estimate of drug-likeness (QED) is 0.786. The molecule has 0 heterocycles. The Morgan fingerprint density at radius 3 is 2.21 bits per heavy atom. The van der Waals surface area contributed by atoms with Gasteiger partial charge in [0.25, 0.3) is 0 Å². The van der Waals surface area contributed by atoms with Crippen molar-refractivity contribution in [3.63, 3.8) is 0 Å². The fourth-order valence-corrected chi connectivity index (χ4v) is 2.91. The first kappa shape index (κ1) is 16.8. The van der Waals surface area contributed by atoms with Gasteiger partial charge in [-0.2, -0.15) is 0 Å². The van der Waals surface area contributed by atoms with E-state index < -0.39 is 0 Å². The summed E-state index contributed by atoms with van der Waals surface area (Å²) in [5.74, 6) is 0.185. The summed E-state index contributed by atoms with van der Waals surface area (Å²) in [6.45, 7) is 1.88. The van der Waals surface area contributed by atoms with Crippen LogP contribution in [0.4, 0.5) is 9.18 Å². The number of benzene rings is 2. The third-order valence-electron chi connectivity index (χ3n) is 4.33. The molecule has 0 unspecified atom stereocenters. The summed E-state index contributed by atoms with van der Waals surface area (Å²) in [6, 6.07) is 13.3. The van der Waals surface area contributed by atoms with Gasteiger partial charge in [0, 0.05) is 5.02 Å². The fraction of sp³-hybridized carbons (Fsp3) is 0.316. The Morgan fingerprint density at radius 2 is 1.62 bits per heavy atom. The van der Waals surface area contributed by atoms with Crippen LogP contribution in [0.1, 0.15) is 43.0 Å².